The average Bonchev–Trinajstić information content (AvgIpc) is 2.60. The fourth-order valence-corrected chi connectivity index (χ4v) is 3.62. The van der Waals surface area contributed by atoms with Gasteiger partial charge < -0.3 is 5.11 Å². The van der Waals surface area contributed by atoms with Crippen LogP contribution in [0.15, 0.2) is 23.6 Å². The zero-order valence-electron chi connectivity index (χ0n) is 9.67. The molecular weight excluding hydrogens is 256 g/mol. The average molecular weight is 270 g/mol. The summed E-state index contributed by atoms with van der Waals surface area (Å²) < 4.78 is 24.7. The van der Waals surface area contributed by atoms with Crippen LogP contribution >= 0.6 is 11.3 Å². The molecule has 0 radical (unpaired) electrons. The Hall–Kier alpha value is -1.07. The van der Waals surface area contributed by atoms with Gasteiger partial charge in [-0.15, -0.1) is 11.3 Å². The predicted molar refractivity (Wildman–Crippen MR) is 71.2 cm³/mol. The third-order valence-corrected chi connectivity index (χ3v) is 5.87. The van der Waals surface area contributed by atoms with E-state index in [1.807, 2.05) is 5.38 Å². The fraction of sp³-hybridized carbons (Fsp3) is 0.333. The van der Waals surface area contributed by atoms with Crippen LogP contribution in [0.5, 0.6) is 5.75 Å². The zero-order valence-corrected chi connectivity index (χ0v) is 11.3. The van der Waals surface area contributed by atoms with Gasteiger partial charge >= 0.3 is 0 Å². The standard InChI is InChI=1S/C12H14O3S2/c1-8(2)17(14,15)7-9-6-16-12-4-3-10(13)5-11(9)12/h3-6,8,13H,7H2,1-2H3. The molecule has 0 unspecified atom stereocenters. The fourth-order valence-electron chi connectivity index (χ4n) is 1.56. The Morgan fingerprint density at radius 2 is 2.06 bits per heavy atom. The van der Waals surface area contributed by atoms with Gasteiger partial charge in [0.05, 0.1) is 11.0 Å². The summed E-state index contributed by atoms with van der Waals surface area (Å²) in [6.07, 6.45) is 0. The van der Waals surface area contributed by atoms with E-state index in [-0.39, 0.29) is 16.8 Å². The van der Waals surface area contributed by atoms with Gasteiger partial charge in [0.2, 0.25) is 0 Å². The van der Waals surface area contributed by atoms with E-state index in [0.29, 0.717) is 0 Å². The summed E-state index contributed by atoms with van der Waals surface area (Å²) in [6, 6.07) is 5.04. The molecule has 1 aromatic carbocycles. The van der Waals surface area contributed by atoms with E-state index in [4.69, 9.17) is 0 Å². The molecule has 0 aliphatic carbocycles. The van der Waals surface area contributed by atoms with E-state index >= 15 is 0 Å². The van der Waals surface area contributed by atoms with Crippen molar-refractivity contribution in [1.82, 2.24) is 0 Å². The number of phenolic OH excluding ortho intramolecular Hbond substituents is 1. The number of hydrogen-bond donors (Lipinski definition) is 1. The van der Waals surface area contributed by atoms with Gasteiger partial charge in [0.1, 0.15) is 5.75 Å². The number of phenols is 1. The Labute approximate surface area is 105 Å². The van der Waals surface area contributed by atoms with E-state index in [0.717, 1.165) is 15.6 Å². The lowest BCUT2D eigenvalue weighted by Crippen LogP contribution is -2.15. The van der Waals surface area contributed by atoms with E-state index in [2.05, 4.69) is 0 Å². The molecule has 5 heteroatoms. The molecule has 0 bridgehead atoms. The van der Waals surface area contributed by atoms with Crippen LogP contribution in [0.25, 0.3) is 10.1 Å². The number of aromatic hydroxyl groups is 1. The van der Waals surface area contributed by atoms with E-state index < -0.39 is 9.84 Å². The molecule has 0 spiro atoms. The van der Waals surface area contributed by atoms with Crippen molar-refractivity contribution in [3.05, 3.63) is 29.1 Å². The highest BCUT2D eigenvalue weighted by molar-refractivity contribution is 7.91. The molecule has 0 saturated carbocycles. The summed E-state index contributed by atoms with van der Waals surface area (Å²) in [7, 11) is -3.10. The number of sulfone groups is 1. The van der Waals surface area contributed by atoms with Crippen LogP contribution in [0, 0.1) is 0 Å². The lowest BCUT2D eigenvalue weighted by atomic mass is 10.2. The minimum Gasteiger partial charge on any atom is -0.508 e. The summed E-state index contributed by atoms with van der Waals surface area (Å²) in [5.74, 6) is 0.202. The molecule has 17 heavy (non-hydrogen) atoms. The topological polar surface area (TPSA) is 54.4 Å². The first-order valence-electron chi connectivity index (χ1n) is 5.31. The summed E-state index contributed by atoms with van der Waals surface area (Å²) in [5, 5.41) is 11.7. The van der Waals surface area contributed by atoms with Crippen LogP contribution in [-0.4, -0.2) is 18.8 Å². The van der Waals surface area contributed by atoms with Crippen molar-refractivity contribution < 1.29 is 13.5 Å². The second-order valence-electron chi connectivity index (χ2n) is 4.30. The van der Waals surface area contributed by atoms with Crippen LogP contribution < -0.4 is 0 Å². The minimum absolute atomic E-state index is 0.0358. The first-order valence-corrected chi connectivity index (χ1v) is 7.90. The van der Waals surface area contributed by atoms with E-state index in [1.165, 1.54) is 11.3 Å². The second kappa shape index (κ2) is 4.31. The molecule has 0 aliphatic rings. The van der Waals surface area contributed by atoms with Crippen molar-refractivity contribution in [3.8, 4) is 5.75 Å². The number of thiophene rings is 1. The molecule has 0 aliphatic heterocycles. The second-order valence-corrected chi connectivity index (χ2v) is 7.77. The van der Waals surface area contributed by atoms with Gasteiger partial charge in [-0.05, 0) is 43.0 Å². The van der Waals surface area contributed by atoms with Crippen molar-refractivity contribution >= 4 is 31.3 Å². The normalized spacial score (nSPS) is 12.4. The molecule has 0 amide bonds. The Bertz CT molecular complexity index is 639. The number of hydrogen-bond acceptors (Lipinski definition) is 4. The third kappa shape index (κ3) is 2.45. The largest absolute Gasteiger partial charge is 0.508 e. The first-order chi connectivity index (χ1) is 7.90. The molecule has 1 N–H and O–H groups in total. The number of rotatable bonds is 3. The summed E-state index contributed by atoms with van der Waals surface area (Å²) in [6.45, 7) is 3.36. The summed E-state index contributed by atoms with van der Waals surface area (Å²) in [5.41, 5.74) is 0.773. The molecule has 2 rings (SSSR count). The highest BCUT2D eigenvalue weighted by Gasteiger charge is 2.19. The van der Waals surface area contributed by atoms with Crippen LogP contribution in [-0.2, 0) is 15.6 Å². The molecule has 0 atom stereocenters. The SMILES string of the molecule is CC(C)S(=O)(=O)Cc1csc2ccc(O)cc12. The zero-order chi connectivity index (χ0) is 12.6. The Balaban J connectivity index is 2.47. The lowest BCUT2D eigenvalue weighted by molar-refractivity contribution is 0.476. The van der Waals surface area contributed by atoms with Crippen LogP contribution in [0.3, 0.4) is 0 Å². The molecule has 1 aromatic heterocycles. The molecule has 1 heterocycles. The maximum absolute atomic E-state index is 11.9. The number of fused-ring (bicyclic) bond motifs is 1. The highest BCUT2D eigenvalue weighted by atomic mass is 32.2. The maximum Gasteiger partial charge on any atom is 0.156 e. The van der Waals surface area contributed by atoms with Gasteiger partial charge in [0, 0.05) is 10.1 Å². The van der Waals surface area contributed by atoms with Crippen molar-refractivity contribution in [2.45, 2.75) is 24.9 Å². The van der Waals surface area contributed by atoms with Gasteiger partial charge in [-0.3, -0.25) is 0 Å². The molecule has 3 nitrogen and oxygen atoms in total. The smallest absolute Gasteiger partial charge is 0.156 e. The van der Waals surface area contributed by atoms with E-state index in [9.17, 15) is 13.5 Å². The van der Waals surface area contributed by atoms with Crippen LogP contribution in [0.1, 0.15) is 19.4 Å². The van der Waals surface area contributed by atoms with Gasteiger partial charge in [-0.25, -0.2) is 8.42 Å². The van der Waals surface area contributed by atoms with Gasteiger partial charge in [-0.1, -0.05) is 0 Å². The molecule has 0 fully saturated rings. The van der Waals surface area contributed by atoms with Gasteiger partial charge in [-0.2, -0.15) is 0 Å². The van der Waals surface area contributed by atoms with Crippen molar-refractivity contribution in [2.24, 2.45) is 0 Å². The predicted octanol–water partition coefficient (Wildman–Crippen LogP) is 2.93. The lowest BCUT2D eigenvalue weighted by Gasteiger charge is -2.06. The van der Waals surface area contributed by atoms with Gasteiger partial charge in [0.15, 0.2) is 9.84 Å². The minimum atomic E-state index is -3.10. The maximum atomic E-state index is 11.9. The highest BCUT2D eigenvalue weighted by Crippen LogP contribution is 2.30. The van der Waals surface area contributed by atoms with Crippen molar-refractivity contribution in [3.63, 3.8) is 0 Å². The Morgan fingerprint density at radius 1 is 1.35 bits per heavy atom. The van der Waals surface area contributed by atoms with Crippen molar-refractivity contribution in [1.29, 1.82) is 0 Å². The van der Waals surface area contributed by atoms with Crippen LogP contribution in [0.2, 0.25) is 0 Å². The van der Waals surface area contributed by atoms with Gasteiger partial charge in [0.25, 0.3) is 0 Å². The van der Waals surface area contributed by atoms with E-state index in [1.54, 1.807) is 32.0 Å². The quantitative estimate of drug-likeness (QED) is 0.933. The molecule has 2 aromatic rings. The Kier molecular flexibility index (Phi) is 3.14. The Morgan fingerprint density at radius 3 is 2.71 bits per heavy atom. The van der Waals surface area contributed by atoms with Crippen LogP contribution in [0.4, 0.5) is 0 Å². The molecule has 92 valence electrons. The number of benzene rings is 1. The summed E-state index contributed by atoms with van der Waals surface area (Å²) in [4.78, 5) is 0. The first kappa shape index (κ1) is 12.4. The molecule has 0 saturated heterocycles. The monoisotopic (exact) mass is 270 g/mol. The van der Waals surface area contributed by atoms with Crippen molar-refractivity contribution in [2.75, 3.05) is 0 Å². The third-order valence-electron chi connectivity index (χ3n) is 2.71. The summed E-state index contributed by atoms with van der Waals surface area (Å²) >= 11 is 1.50. The molecular formula is C12H14O3S2.